The van der Waals surface area contributed by atoms with E-state index in [-0.39, 0.29) is 12.4 Å². The van der Waals surface area contributed by atoms with E-state index in [1.807, 2.05) is 36.4 Å². The third kappa shape index (κ3) is 2.92. The average molecular weight is 364 g/mol. The van der Waals surface area contributed by atoms with Gasteiger partial charge >= 0.3 is 5.63 Å². The summed E-state index contributed by atoms with van der Waals surface area (Å²) in [6.45, 7) is 5.20. The third-order valence-electron chi connectivity index (χ3n) is 5.14. The van der Waals surface area contributed by atoms with Crippen molar-refractivity contribution in [2.75, 3.05) is 31.3 Å². The Labute approximate surface area is 156 Å². The van der Waals surface area contributed by atoms with Crippen molar-refractivity contribution in [3.8, 4) is 22.6 Å². The fourth-order valence-electron chi connectivity index (χ4n) is 3.73. The largest absolute Gasteiger partial charge is 0.454 e. The maximum atomic E-state index is 12.6. The first-order valence-electron chi connectivity index (χ1n) is 9.14. The second kappa shape index (κ2) is 6.32. The van der Waals surface area contributed by atoms with Gasteiger partial charge in [0, 0.05) is 42.8 Å². The molecule has 2 aromatic carbocycles. The third-order valence-corrected chi connectivity index (χ3v) is 5.14. The smallest absolute Gasteiger partial charge is 0.344 e. The van der Waals surface area contributed by atoms with Gasteiger partial charge in [0.2, 0.25) is 6.79 Å². The van der Waals surface area contributed by atoms with E-state index in [2.05, 4.69) is 23.2 Å². The number of benzene rings is 2. The van der Waals surface area contributed by atoms with Crippen LogP contribution in [0.5, 0.6) is 11.5 Å². The van der Waals surface area contributed by atoms with Crippen molar-refractivity contribution >= 4 is 16.7 Å². The van der Waals surface area contributed by atoms with Crippen LogP contribution in [0, 0.1) is 0 Å². The molecular weight excluding hydrogens is 344 g/mol. The van der Waals surface area contributed by atoms with Crippen LogP contribution in [0.1, 0.15) is 6.92 Å². The van der Waals surface area contributed by atoms with Gasteiger partial charge in [0.05, 0.1) is 5.56 Å². The van der Waals surface area contributed by atoms with Crippen LogP contribution in [-0.2, 0) is 0 Å². The Morgan fingerprint density at radius 3 is 2.85 bits per heavy atom. The van der Waals surface area contributed by atoms with Crippen molar-refractivity contribution in [1.82, 2.24) is 5.32 Å². The van der Waals surface area contributed by atoms with Gasteiger partial charge in [0.1, 0.15) is 5.58 Å². The van der Waals surface area contributed by atoms with Gasteiger partial charge in [-0.3, -0.25) is 0 Å². The van der Waals surface area contributed by atoms with Crippen LogP contribution >= 0.6 is 0 Å². The number of hydrogen-bond donors (Lipinski definition) is 1. The molecule has 1 aromatic heterocycles. The van der Waals surface area contributed by atoms with E-state index < -0.39 is 0 Å². The highest BCUT2D eigenvalue weighted by molar-refractivity contribution is 5.85. The molecule has 2 aliphatic heterocycles. The molecular formula is C21H20N2O4. The number of nitrogens with one attached hydrogen (secondary N) is 1. The molecule has 1 fully saturated rings. The number of fused-ring (bicyclic) bond motifs is 2. The summed E-state index contributed by atoms with van der Waals surface area (Å²) >= 11 is 0. The van der Waals surface area contributed by atoms with Crippen LogP contribution in [-0.4, -0.2) is 32.5 Å². The first kappa shape index (κ1) is 16.2. The summed E-state index contributed by atoms with van der Waals surface area (Å²) in [5.41, 5.74) is 2.61. The maximum Gasteiger partial charge on any atom is 0.344 e. The highest BCUT2D eigenvalue weighted by Gasteiger charge is 2.18. The Hall–Kier alpha value is -2.99. The zero-order valence-corrected chi connectivity index (χ0v) is 15.0. The van der Waals surface area contributed by atoms with Crippen molar-refractivity contribution in [3.63, 3.8) is 0 Å². The van der Waals surface area contributed by atoms with Gasteiger partial charge in [0.25, 0.3) is 0 Å². The molecule has 0 spiro atoms. The van der Waals surface area contributed by atoms with Crippen molar-refractivity contribution in [3.05, 3.63) is 52.9 Å². The number of ether oxygens (including phenoxy) is 2. The highest BCUT2D eigenvalue weighted by atomic mass is 16.7. The summed E-state index contributed by atoms with van der Waals surface area (Å²) in [6, 6.07) is 13.9. The Balaban J connectivity index is 1.54. The molecule has 0 aliphatic carbocycles. The van der Waals surface area contributed by atoms with Gasteiger partial charge in [0.15, 0.2) is 11.5 Å². The monoisotopic (exact) mass is 364 g/mol. The van der Waals surface area contributed by atoms with E-state index in [1.54, 1.807) is 0 Å². The van der Waals surface area contributed by atoms with Gasteiger partial charge < -0.3 is 24.1 Å². The molecule has 1 unspecified atom stereocenters. The molecule has 6 nitrogen and oxygen atoms in total. The lowest BCUT2D eigenvalue weighted by molar-refractivity contribution is 0.174. The topological polar surface area (TPSA) is 63.9 Å². The molecule has 3 heterocycles. The second-order valence-electron chi connectivity index (χ2n) is 7.04. The summed E-state index contributed by atoms with van der Waals surface area (Å²) < 4.78 is 16.4. The fourth-order valence-corrected chi connectivity index (χ4v) is 3.73. The van der Waals surface area contributed by atoms with E-state index in [4.69, 9.17) is 13.9 Å². The molecule has 3 aromatic rings. The lowest BCUT2D eigenvalue weighted by Gasteiger charge is -2.33. The maximum absolute atomic E-state index is 12.6. The minimum atomic E-state index is -0.354. The Morgan fingerprint density at radius 2 is 1.96 bits per heavy atom. The quantitative estimate of drug-likeness (QED) is 0.706. The van der Waals surface area contributed by atoms with E-state index in [9.17, 15) is 4.79 Å². The van der Waals surface area contributed by atoms with E-state index >= 15 is 0 Å². The molecule has 0 bridgehead atoms. The van der Waals surface area contributed by atoms with E-state index in [0.717, 1.165) is 36.3 Å². The van der Waals surface area contributed by atoms with E-state index in [1.165, 1.54) is 0 Å². The lowest BCUT2D eigenvalue weighted by Crippen LogP contribution is -2.49. The predicted octanol–water partition coefficient (Wildman–Crippen LogP) is 2.99. The fraction of sp³-hybridized carbons (Fsp3) is 0.286. The molecule has 27 heavy (non-hydrogen) atoms. The molecule has 1 saturated heterocycles. The Morgan fingerprint density at radius 1 is 1.07 bits per heavy atom. The normalized spacial score (nSPS) is 18.9. The molecule has 5 rings (SSSR count). The standard InChI is InChI=1S/C21H20N2O4/c1-13-11-23(7-6-22-13)16-4-2-15-8-17(21(24)27-19(15)10-16)14-3-5-18-20(9-14)26-12-25-18/h2-5,8-10,13,22H,6-7,11-12H2,1H3. The molecule has 138 valence electrons. The summed E-state index contributed by atoms with van der Waals surface area (Å²) in [7, 11) is 0. The number of hydrogen-bond acceptors (Lipinski definition) is 6. The zero-order valence-electron chi connectivity index (χ0n) is 15.0. The van der Waals surface area contributed by atoms with Crippen LogP contribution < -0.4 is 25.3 Å². The number of nitrogens with zero attached hydrogens (tertiary/aromatic N) is 1. The number of rotatable bonds is 2. The highest BCUT2D eigenvalue weighted by Crippen LogP contribution is 2.35. The van der Waals surface area contributed by atoms with Gasteiger partial charge in [-0.05, 0) is 42.8 Å². The van der Waals surface area contributed by atoms with Crippen LogP contribution in [0.25, 0.3) is 22.1 Å². The van der Waals surface area contributed by atoms with Crippen LogP contribution in [0.4, 0.5) is 5.69 Å². The lowest BCUT2D eigenvalue weighted by atomic mass is 10.0. The molecule has 0 saturated carbocycles. The summed E-state index contributed by atoms with van der Waals surface area (Å²) in [5.74, 6) is 1.34. The summed E-state index contributed by atoms with van der Waals surface area (Å²) in [6.07, 6.45) is 0. The van der Waals surface area contributed by atoms with Crippen LogP contribution in [0.2, 0.25) is 0 Å². The van der Waals surface area contributed by atoms with Crippen molar-refractivity contribution < 1.29 is 13.9 Å². The van der Waals surface area contributed by atoms with Crippen molar-refractivity contribution in [2.45, 2.75) is 13.0 Å². The minimum Gasteiger partial charge on any atom is -0.454 e. The van der Waals surface area contributed by atoms with Crippen molar-refractivity contribution in [1.29, 1.82) is 0 Å². The van der Waals surface area contributed by atoms with Gasteiger partial charge in [-0.15, -0.1) is 0 Å². The Bertz CT molecular complexity index is 1080. The molecule has 2 aliphatic rings. The molecule has 6 heteroatoms. The van der Waals surface area contributed by atoms with Gasteiger partial charge in [-0.2, -0.15) is 0 Å². The minimum absolute atomic E-state index is 0.207. The van der Waals surface area contributed by atoms with Crippen LogP contribution in [0.15, 0.2) is 51.7 Å². The summed E-state index contributed by atoms with van der Waals surface area (Å²) in [4.78, 5) is 14.9. The number of anilines is 1. The average Bonchev–Trinajstić information content (AvgIpc) is 3.15. The summed E-state index contributed by atoms with van der Waals surface area (Å²) in [5, 5.41) is 4.33. The zero-order chi connectivity index (χ0) is 18.4. The molecule has 0 radical (unpaired) electrons. The Kier molecular flexibility index (Phi) is 3.79. The molecule has 0 amide bonds. The second-order valence-corrected chi connectivity index (χ2v) is 7.04. The number of piperazine rings is 1. The van der Waals surface area contributed by atoms with Gasteiger partial charge in [-0.1, -0.05) is 6.07 Å². The van der Waals surface area contributed by atoms with Crippen LogP contribution in [0.3, 0.4) is 0 Å². The molecule has 1 N–H and O–H groups in total. The first-order chi connectivity index (χ1) is 13.2. The van der Waals surface area contributed by atoms with E-state index in [0.29, 0.717) is 28.7 Å². The molecule has 1 atom stereocenters. The SMILES string of the molecule is CC1CN(c2ccc3cc(-c4ccc5c(c4)OCO5)c(=O)oc3c2)CCN1. The first-order valence-corrected chi connectivity index (χ1v) is 9.14. The predicted molar refractivity (Wildman–Crippen MR) is 104 cm³/mol. The van der Waals surface area contributed by atoms with Crippen molar-refractivity contribution in [2.24, 2.45) is 0 Å². The van der Waals surface area contributed by atoms with Gasteiger partial charge in [-0.25, -0.2) is 4.79 Å².